The first kappa shape index (κ1) is 7.34. The zero-order valence-electron chi connectivity index (χ0n) is 5.71. The summed E-state index contributed by atoms with van der Waals surface area (Å²) >= 11 is 0. The Balaban J connectivity index is 2.24. The van der Waals surface area contributed by atoms with E-state index in [4.69, 9.17) is 10.8 Å². The van der Waals surface area contributed by atoms with Crippen molar-refractivity contribution in [1.82, 2.24) is 5.32 Å². The number of hydrogen-bond acceptors (Lipinski definition) is 2. The van der Waals surface area contributed by atoms with Gasteiger partial charge in [-0.2, -0.15) is 0 Å². The molecule has 1 aliphatic carbocycles. The van der Waals surface area contributed by atoms with E-state index >= 15 is 0 Å². The van der Waals surface area contributed by atoms with Gasteiger partial charge in [0.25, 0.3) is 0 Å². The molecule has 4 nitrogen and oxygen atoms in total. The molecule has 0 spiro atoms. The highest BCUT2D eigenvalue weighted by Crippen LogP contribution is 2.16. The molecular weight excluding hydrogens is 132 g/mol. The Bertz CT molecular complexity index is 138. The number of carboxylic acid groups (broad SMARTS) is 1. The van der Waals surface area contributed by atoms with Crippen LogP contribution in [0.4, 0.5) is 4.79 Å². The van der Waals surface area contributed by atoms with E-state index in [-0.39, 0.29) is 12.1 Å². The van der Waals surface area contributed by atoms with Crippen LogP contribution in [0.1, 0.15) is 19.3 Å². The van der Waals surface area contributed by atoms with E-state index in [9.17, 15) is 4.79 Å². The molecule has 1 saturated carbocycles. The van der Waals surface area contributed by atoms with Crippen LogP contribution in [-0.4, -0.2) is 23.3 Å². The lowest BCUT2D eigenvalue weighted by atomic mass is 10.2. The molecule has 1 amide bonds. The molecule has 0 bridgehead atoms. The lowest BCUT2D eigenvalue weighted by Gasteiger charge is -2.07. The SMILES string of the molecule is N[C@H]1CC[C@H](NC(=O)O)C1. The molecule has 1 fully saturated rings. The summed E-state index contributed by atoms with van der Waals surface area (Å²) in [7, 11) is 0. The minimum Gasteiger partial charge on any atom is -0.465 e. The first-order valence-electron chi connectivity index (χ1n) is 3.43. The van der Waals surface area contributed by atoms with Crippen LogP contribution in [-0.2, 0) is 0 Å². The Morgan fingerprint density at radius 2 is 2.30 bits per heavy atom. The van der Waals surface area contributed by atoms with Crippen molar-refractivity contribution in [1.29, 1.82) is 0 Å². The minimum absolute atomic E-state index is 0.0903. The van der Waals surface area contributed by atoms with Gasteiger partial charge in [0.1, 0.15) is 0 Å². The van der Waals surface area contributed by atoms with Crippen LogP contribution < -0.4 is 11.1 Å². The third-order valence-electron chi connectivity index (χ3n) is 1.80. The van der Waals surface area contributed by atoms with E-state index in [1.54, 1.807) is 0 Å². The molecule has 0 aromatic carbocycles. The van der Waals surface area contributed by atoms with E-state index in [0.29, 0.717) is 0 Å². The predicted molar refractivity (Wildman–Crippen MR) is 36.8 cm³/mol. The summed E-state index contributed by atoms with van der Waals surface area (Å²) < 4.78 is 0. The van der Waals surface area contributed by atoms with Crippen LogP contribution in [0.3, 0.4) is 0 Å². The van der Waals surface area contributed by atoms with Crippen LogP contribution in [0.2, 0.25) is 0 Å². The predicted octanol–water partition coefficient (Wildman–Crippen LogP) is 0.134. The monoisotopic (exact) mass is 144 g/mol. The zero-order chi connectivity index (χ0) is 7.56. The van der Waals surface area contributed by atoms with Crippen molar-refractivity contribution in [2.75, 3.05) is 0 Å². The highest BCUT2D eigenvalue weighted by atomic mass is 16.4. The Hall–Kier alpha value is -0.770. The van der Waals surface area contributed by atoms with Gasteiger partial charge in [0.2, 0.25) is 0 Å². The summed E-state index contributed by atoms with van der Waals surface area (Å²) in [5.41, 5.74) is 5.57. The van der Waals surface area contributed by atoms with E-state index in [1.807, 2.05) is 0 Å². The number of nitrogens with one attached hydrogen (secondary N) is 1. The second kappa shape index (κ2) is 2.88. The van der Waals surface area contributed by atoms with Gasteiger partial charge in [0, 0.05) is 12.1 Å². The normalized spacial score (nSPS) is 32.1. The quantitative estimate of drug-likeness (QED) is 0.489. The van der Waals surface area contributed by atoms with Crippen LogP contribution >= 0.6 is 0 Å². The fourth-order valence-electron chi connectivity index (χ4n) is 1.32. The zero-order valence-corrected chi connectivity index (χ0v) is 5.71. The Kier molecular flexibility index (Phi) is 2.11. The van der Waals surface area contributed by atoms with Crippen molar-refractivity contribution in [3.05, 3.63) is 0 Å². The van der Waals surface area contributed by atoms with Gasteiger partial charge in [-0.1, -0.05) is 0 Å². The number of nitrogens with two attached hydrogens (primary N) is 1. The summed E-state index contributed by atoms with van der Waals surface area (Å²) in [4.78, 5) is 10.1. The topological polar surface area (TPSA) is 75.3 Å². The van der Waals surface area contributed by atoms with Crippen molar-refractivity contribution in [3.63, 3.8) is 0 Å². The van der Waals surface area contributed by atoms with E-state index in [2.05, 4.69) is 5.32 Å². The Morgan fingerprint density at radius 3 is 2.70 bits per heavy atom. The fraction of sp³-hybridized carbons (Fsp3) is 0.833. The van der Waals surface area contributed by atoms with Gasteiger partial charge < -0.3 is 16.2 Å². The number of carbonyl (C=O) groups is 1. The van der Waals surface area contributed by atoms with Gasteiger partial charge in [-0.15, -0.1) is 0 Å². The molecular formula is C6H12N2O2. The molecule has 10 heavy (non-hydrogen) atoms. The van der Waals surface area contributed by atoms with Gasteiger partial charge in [-0.25, -0.2) is 4.79 Å². The average molecular weight is 144 g/mol. The smallest absolute Gasteiger partial charge is 0.404 e. The van der Waals surface area contributed by atoms with Crippen LogP contribution in [0.5, 0.6) is 0 Å². The second-order valence-corrected chi connectivity index (χ2v) is 2.72. The van der Waals surface area contributed by atoms with E-state index in [1.165, 1.54) is 0 Å². The minimum atomic E-state index is -0.945. The molecule has 0 heterocycles. The molecule has 0 aromatic heterocycles. The van der Waals surface area contributed by atoms with Crippen LogP contribution in [0.25, 0.3) is 0 Å². The van der Waals surface area contributed by atoms with Crippen LogP contribution in [0.15, 0.2) is 0 Å². The van der Waals surface area contributed by atoms with Gasteiger partial charge in [0.05, 0.1) is 0 Å². The molecule has 1 aliphatic rings. The van der Waals surface area contributed by atoms with Crippen molar-refractivity contribution in [2.24, 2.45) is 5.73 Å². The summed E-state index contributed by atoms with van der Waals surface area (Å²) in [6.45, 7) is 0. The molecule has 0 aliphatic heterocycles. The number of hydrogen-bond donors (Lipinski definition) is 3. The lowest BCUT2D eigenvalue weighted by molar-refractivity contribution is 0.190. The maximum atomic E-state index is 10.1. The third kappa shape index (κ3) is 1.88. The van der Waals surface area contributed by atoms with Gasteiger partial charge in [-0.3, -0.25) is 0 Å². The largest absolute Gasteiger partial charge is 0.465 e. The molecule has 2 atom stereocenters. The molecule has 58 valence electrons. The molecule has 0 saturated heterocycles. The standard InChI is InChI=1S/C6H12N2O2/c7-4-1-2-5(3-4)8-6(9)10/h4-5,8H,1-3,7H2,(H,9,10)/t4-,5-/m0/s1. The third-order valence-corrected chi connectivity index (χ3v) is 1.80. The van der Waals surface area contributed by atoms with Crippen molar-refractivity contribution < 1.29 is 9.90 Å². The van der Waals surface area contributed by atoms with Crippen molar-refractivity contribution >= 4 is 6.09 Å². The van der Waals surface area contributed by atoms with E-state index in [0.717, 1.165) is 19.3 Å². The maximum absolute atomic E-state index is 10.1. The molecule has 1 rings (SSSR count). The number of rotatable bonds is 1. The fourth-order valence-corrected chi connectivity index (χ4v) is 1.32. The molecule has 0 aromatic rings. The average Bonchev–Trinajstić information content (AvgIpc) is 2.13. The van der Waals surface area contributed by atoms with Crippen molar-refractivity contribution in [2.45, 2.75) is 31.3 Å². The van der Waals surface area contributed by atoms with Crippen LogP contribution in [0, 0.1) is 0 Å². The maximum Gasteiger partial charge on any atom is 0.404 e. The van der Waals surface area contributed by atoms with Gasteiger partial charge >= 0.3 is 6.09 Å². The lowest BCUT2D eigenvalue weighted by Crippen LogP contribution is -2.32. The van der Waals surface area contributed by atoms with Crippen molar-refractivity contribution in [3.8, 4) is 0 Å². The molecule has 4 heteroatoms. The Labute approximate surface area is 59.4 Å². The highest BCUT2D eigenvalue weighted by molar-refractivity contribution is 5.64. The summed E-state index contributed by atoms with van der Waals surface area (Å²) in [6, 6.07) is 0.282. The number of amides is 1. The van der Waals surface area contributed by atoms with E-state index < -0.39 is 6.09 Å². The van der Waals surface area contributed by atoms with Gasteiger partial charge in [0.15, 0.2) is 0 Å². The first-order chi connectivity index (χ1) is 4.68. The summed E-state index contributed by atoms with van der Waals surface area (Å²) in [5, 5.41) is 10.7. The Morgan fingerprint density at radius 1 is 1.60 bits per heavy atom. The first-order valence-corrected chi connectivity index (χ1v) is 3.43. The molecule has 4 N–H and O–H groups in total. The highest BCUT2D eigenvalue weighted by Gasteiger charge is 2.22. The molecule has 0 radical (unpaired) electrons. The summed E-state index contributed by atoms with van der Waals surface area (Å²) in [5.74, 6) is 0. The second-order valence-electron chi connectivity index (χ2n) is 2.72. The van der Waals surface area contributed by atoms with Gasteiger partial charge in [-0.05, 0) is 19.3 Å². The molecule has 0 unspecified atom stereocenters. The summed E-state index contributed by atoms with van der Waals surface area (Å²) in [6.07, 6.45) is 1.66.